The summed E-state index contributed by atoms with van der Waals surface area (Å²) in [4.78, 5) is 14.2. The Bertz CT molecular complexity index is 472. The third kappa shape index (κ3) is 2.89. The minimum atomic E-state index is -0.116. The Kier molecular flexibility index (Phi) is 4.10. The van der Waals surface area contributed by atoms with Crippen LogP contribution in [0.1, 0.15) is 29.3 Å². The number of aromatic hydroxyl groups is 1. The first-order chi connectivity index (χ1) is 9.02. The van der Waals surface area contributed by atoms with Crippen molar-refractivity contribution in [3.8, 4) is 5.75 Å². The van der Waals surface area contributed by atoms with E-state index in [1.807, 2.05) is 6.92 Å². The van der Waals surface area contributed by atoms with Gasteiger partial charge >= 0.3 is 0 Å². The quantitative estimate of drug-likeness (QED) is 0.890. The second kappa shape index (κ2) is 5.61. The number of carbonyl (C=O) groups is 1. The molecule has 104 valence electrons. The highest BCUT2D eigenvalue weighted by Gasteiger charge is 2.30. The van der Waals surface area contributed by atoms with Crippen LogP contribution in [0.25, 0.3) is 0 Å². The van der Waals surface area contributed by atoms with Crippen LogP contribution < -0.4 is 0 Å². The van der Waals surface area contributed by atoms with Gasteiger partial charge < -0.3 is 14.7 Å². The molecule has 0 aromatic heterocycles. The molecule has 4 nitrogen and oxygen atoms in total. The van der Waals surface area contributed by atoms with Crippen LogP contribution in [-0.2, 0) is 4.74 Å². The van der Waals surface area contributed by atoms with E-state index in [0.717, 1.165) is 12.0 Å². The topological polar surface area (TPSA) is 49.8 Å². The number of phenolic OH excluding ortho intramolecular Hbond substituents is 1. The van der Waals surface area contributed by atoms with Crippen molar-refractivity contribution in [3.05, 3.63) is 29.3 Å². The molecule has 1 N–H and O–H groups in total. The molecule has 4 heteroatoms. The summed E-state index contributed by atoms with van der Waals surface area (Å²) >= 11 is 0. The second-order valence-corrected chi connectivity index (χ2v) is 5.31. The Morgan fingerprint density at radius 2 is 2.21 bits per heavy atom. The number of aryl methyl sites for hydroxylation is 1. The van der Waals surface area contributed by atoms with E-state index in [2.05, 4.69) is 6.92 Å². The molecule has 19 heavy (non-hydrogen) atoms. The molecule has 0 bridgehead atoms. The molecule has 1 aliphatic rings. The highest BCUT2D eigenvalue weighted by Crippen LogP contribution is 2.24. The van der Waals surface area contributed by atoms with Crippen molar-refractivity contribution < 1.29 is 14.6 Å². The fourth-order valence-corrected chi connectivity index (χ4v) is 2.52. The van der Waals surface area contributed by atoms with Gasteiger partial charge in [-0.25, -0.2) is 0 Å². The van der Waals surface area contributed by atoms with Gasteiger partial charge in [-0.05, 0) is 31.4 Å². The zero-order chi connectivity index (χ0) is 14.0. The van der Waals surface area contributed by atoms with E-state index in [0.29, 0.717) is 24.6 Å². The van der Waals surface area contributed by atoms with Crippen LogP contribution in [0.4, 0.5) is 0 Å². The van der Waals surface area contributed by atoms with Gasteiger partial charge in [0.1, 0.15) is 5.75 Å². The number of rotatable bonds is 2. The van der Waals surface area contributed by atoms with E-state index in [9.17, 15) is 9.90 Å². The first kappa shape index (κ1) is 13.9. The molecule has 2 atom stereocenters. The molecule has 1 aromatic carbocycles. The lowest BCUT2D eigenvalue weighted by Gasteiger charge is -2.36. The minimum absolute atomic E-state index is 0.0446. The average Bonchev–Trinajstić information content (AvgIpc) is 2.41. The van der Waals surface area contributed by atoms with E-state index < -0.39 is 0 Å². The Morgan fingerprint density at radius 3 is 2.89 bits per heavy atom. The number of hydrogen-bond donors (Lipinski definition) is 1. The van der Waals surface area contributed by atoms with Crippen LogP contribution in [0.5, 0.6) is 5.75 Å². The lowest BCUT2D eigenvalue weighted by molar-refractivity contribution is -0.00166. The summed E-state index contributed by atoms with van der Waals surface area (Å²) in [6, 6.07) is 5.10. The predicted molar refractivity (Wildman–Crippen MR) is 73.3 cm³/mol. The van der Waals surface area contributed by atoms with E-state index in [1.54, 1.807) is 30.2 Å². The third-order valence-corrected chi connectivity index (χ3v) is 3.86. The number of benzene rings is 1. The van der Waals surface area contributed by atoms with Crippen LogP contribution >= 0.6 is 0 Å². The van der Waals surface area contributed by atoms with Gasteiger partial charge in [0.2, 0.25) is 0 Å². The molecule has 0 saturated carbocycles. The van der Waals surface area contributed by atoms with Crippen molar-refractivity contribution in [2.45, 2.75) is 26.4 Å². The molecule has 2 unspecified atom stereocenters. The summed E-state index contributed by atoms with van der Waals surface area (Å²) in [6.07, 6.45) is 1.00. The molecular formula is C15H21NO3. The standard InChI is InChI=1S/C15H21NO3/c1-10-4-5-13(17)12(8-10)15(18)16-7-6-11(2)14(9-16)19-3/h4-5,8,11,14,17H,6-7,9H2,1-3H3. The van der Waals surface area contributed by atoms with Gasteiger partial charge in [0, 0.05) is 20.2 Å². The molecule has 0 spiro atoms. The maximum Gasteiger partial charge on any atom is 0.257 e. The van der Waals surface area contributed by atoms with E-state index in [4.69, 9.17) is 4.74 Å². The fourth-order valence-electron chi connectivity index (χ4n) is 2.52. The smallest absolute Gasteiger partial charge is 0.257 e. The van der Waals surface area contributed by atoms with Crippen molar-refractivity contribution in [2.24, 2.45) is 5.92 Å². The Morgan fingerprint density at radius 1 is 1.47 bits per heavy atom. The summed E-state index contributed by atoms with van der Waals surface area (Å²) in [5.74, 6) is 0.387. The molecule has 1 heterocycles. The normalized spacial score (nSPS) is 23.4. The maximum atomic E-state index is 12.5. The van der Waals surface area contributed by atoms with Gasteiger partial charge in [-0.3, -0.25) is 4.79 Å². The van der Waals surface area contributed by atoms with E-state index in [-0.39, 0.29) is 17.8 Å². The van der Waals surface area contributed by atoms with Crippen LogP contribution in [-0.4, -0.2) is 42.2 Å². The number of hydrogen-bond acceptors (Lipinski definition) is 3. The number of piperidine rings is 1. The number of carbonyl (C=O) groups excluding carboxylic acids is 1. The Hall–Kier alpha value is -1.55. The first-order valence-electron chi connectivity index (χ1n) is 6.64. The van der Waals surface area contributed by atoms with Gasteiger partial charge in [0.25, 0.3) is 5.91 Å². The van der Waals surface area contributed by atoms with Crippen LogP contribution in [0, 0.1) is 12.8 Å². The number of ether oxygens (including phenoxy) is 1. The summed E-state index contributed by atoms with van der Waals surface area (Å²) in [6.45, 7) is 5.35. The van der Waals surface area contributed by atoms with Gasteiger partial charge in [-0.1, -0.05) is 18.6 Å². The van der Waals surface area contributed by atoms with Crippen molar-refractivity contribution in [1.82, 2.24) is 4.90 Å². The van der Waals surface area contributed by atoms with Crippen LogP contribution in [0.3, 0.4) is 0 Å². The number of phenols is 1. The molecular weight excluding hydrogens is 242 g/mol. The van der Waals surface area contributed by atoms with E-state index >= 15 is 0 Å². The zero-order valence-corrected chi connectivity index (χ0v) is 11.7. The van der Waals surface area contributed by atoms with Crippen molar-refractivity contribution in [3.63, 3.8) is 0 Å². The minimum Gasteiger partial charge on any atom is -0.507 e. The average molecular weight is 263 g/mol. The van der Waals surface area contributed by atoms with Gasteiger partial charge in [-0.15, -0.1) is 0 Å². The largest absolute Gasteiger partial charge is 0.507 e. The Balaban J connectivity index is 2.18. The van der Waals surface area contributed by atoms with Crippen LogP contribution in [0.15, 0.2) is 18.2 Å². The van der Waals surface area contributed by atoms with Crippen molar-refractivity contribution >= 4 is 5.91 Å². The zero-order valence-electron chi connectivity index (χ0n) is 11.7. The maximum absolute atomic E-state index is 12.5. The first-order valence-corrected chi connectivity index (χ1v) is 6.64. The summed E-state index contributed by atoms with van der Waals surface area (Å²) in [7, 11) is 1.68. The van der Waals surface area contributed by atoms with Crippen LogP contribution in [0.2, 0.25) is 0 Å². The molecule has 1 fully saturated rings. The van der Waals surface area contributed by atoms with Gasteiger partial charge in [0.05, 0.1) is 11.7 Å². The highest BCUT2D eigenvalue weighted by molar-refractivity contribution is 5.97. The van der Waals surface area contributed by atoms with Crippen molar-refractivity contribution in [2.75, 3.05) is 20.2 Å². The predicted octanol–water partition coefficient (Wildman–Crippen LogP) is 2.20. The lowest BCUT2D eigenvalue weighted by Crippen LogP contribution is -2.46. The number of likely N-dealkylation sites (tertiary alicyclic amines) is 1. The van der Waals surface area contributed by atoms with Gasteiger partial charge in [-0.2, -0.15) is 0 Å². The molecule has 1 aliphatic heterocycles. The van der Waals surface area contributed by atoms with Gasteiger partial charge in [0.15, 0.2) is 0 Å². The molecule has 0 aliphatic carbocycles. The number of nitrogens with zero attached hydrogens (tertiary/aromatic N) is 1. The molecule has 1 aromatic rings. The lowest BCUT2D eigenvalue weighted by atomic mass is 9.95. The second-order valence-electron chi connectivity index (χ2n) is 5.31. The highest BCUT2D eigenvalue weighted by atomic mass is 16.5. The SMILES string of the molecule is COC1CN(C(=O)c2cc(C)ccc2O)CCC1C. The molecule has 1 amide bonds. The monoisotopic (exact) mass is 263 g/mol. The third-order valence-electron chi connectivity index (χ3n) is 3.86. The van der Waals surface area contributed by atoms with Crippen molar-refractivity contribution in [1.29, 1.82) is 0 Å². The Labute approximate surface area is 114 Å². The fraction of sp³-hybridized carbons (Fsp3) is 0.533. The number of methoxy groups -OCH3 is 1. The molecule has 1 saturated heterocycles. The van der Waals surface area contributed by atoms with E-state index in [1.165, 1.54) is 0 Å². The number of amides is 1. The summed E-state index contributed by atoms with van der Waals surface area (Å²) in [5, 5.41) is 9.83. The summed E-state index contributed by atoms with van der Waals surface area (Å²) in [5.41, 5.74) is 1.35. The molecule has 2 rings (SSSR count). The molecule has 0 radical (unpaired) electrons. The summed E-state index contributed by atoms with van der Waals surface area (Å²) < 4.78 is 5.42.